The van der Waals surface area contributed by atoms with Gasteiger partial charge in [0.25, 0.3) is 0 Å². The largest absolute Gasteiger partial charge is 0.464 e. The number of carbonyl (C=O) groups is 3. The SMILES string of the molecule is CCOC(=O)C(Cc1ncc(C)n1OCc1ccccc1)(NC(C)=O)C(=O)OCC. The maximum absolute atomic E-state index is 12.8. The maximum Gasteiger partial charge on any atom is 0.344 e. The number of imidazole rings is 1. The number of aryl methyl sites for hydroxylation is 1. The van der Waals surface area contributed by atoms with E-state index in [1.165, 1.54) is 11.7 Å². The number of hydrogen-bond donors (Lipinski definition) is 1. The second kappa shape index (κ2) is 10.4. The minimum atomic E-state index is -2.08. The smallest absolute Gasteiger partial charge is 0.344 e. The molecule has 9 nitrogen and oxygen atoms in total. The van der Waals surface area contributed by atoms with Crippen LogP contribution in [0.1, 0.15) is 37.9 Å². The highest BCUT2D eigenvalue weighted by Gasteiger charge is 2.51. The molecule has 0 aliphatic rings. The van der Waals surface area contributed by atoms with Crippen LogP contribution >= 0.6 is 0 Å². The van der Waals surface area contributed by atoms with Gasteiger partial charge in [0.05, 0.1) is 31.5 Å². The third-order valence-corrected chi connectivity index (χ3v) is 4.22. The topological polar surface area (TPSA) is 109 Å². The van der Waals surface area contributed by atoms with Crippen LogP contribution in [0.3, 0.4) is 0 Å². The summed E-state index contributed by atoms with van der Waals surface area (Å²) in [6.45, 7) is 6.49. The molecule has 0 radical (unpaired) electrons. The van der Waals surface area contributed by atoms with E-state index in [2.05, 4.69) is 10.3 Å². The number of ether oxygens (including phenoxy) is 2. The lowest BCUT2D eigenvalue weighted by Gasteiger charge is -2.29. The Bertz CT molecular complexity index is 860. The standard InChI is InChI=1S/C21H27N3O6/c1-5-28-19(26)21(23-16(4)25,20(27)29-6-2)12-18-22-13-15(3)24(18)30-14-17-10-8-7-9-11-17/h7-11,13H,5-6,12,14H2,1-4H3,(H,23,25). The Labute approximate surface area is 175 Å². The summed E-state index contributed by atoms with van der Waals surface area (Å²) in [5.41, 5.74) is -0.491. The van der Waals surface area contributed by atoms with Crippen molar-refractivity contribution in [2.24, 2.45) is 0 Å². The van der Waals surface area contributed by atoms with Gasteiger partial charge in [-0.05, 0) is 26.3 Å². The number of benzene rings is 1. The minimum Gasteiger partial charge on any atom is -0.464 e. The van der Waals surface area contributed by atoms with Crippen molar-refractivity contribution in [3.8, 4) is 0 Å². The van der Waals surface area contributed by atoms with E-state index in [1.807, 2.05) is 30.3 Å². The molecular formula is C21H27N3O6. The predicted molar refractivity (Wildman–Crippen MR) is 107 cm³/mol. The Morgan fingerprint density at radius 1 is 1.07 bits per heavy atom. The Kier molecular flexibility index (Phi) is 7.97. The zero-order valence-corrected chi connectivity index (χ0v) is 17.6. The van der Waals surface area contributed by atoms with Crippen LogP contribution in [0, 0.1) is 6.92 Å². The Hall–Kier alpha value is -3.36. The molecule has 1 aromatic heterocycles. The highest BCUT2D eigenvalue weighted by molar-refractivity contribution is 6.07. The summed E-state index contributed by atoms with van der Waals surface area (Å²) in [6, 6.07) is 9.50. The van der Waals surface area contributed by atoms with Crippen LogP contribution < -0.4 is 10.2 Å². The number of nitrogens with one attached hydrogen (secondary N) is 1. The van der Waals surface area contributed by atoms with Gasteiger partial charge < -0.3 is 19.6 Å². The molecule has 0 aliphatic carbocycles. The molecule has 162 valence electrons. The van der Waals surface area contributed by atoms with Crippen LogP contribution in [0.25, 0.3) is 0 Å². The first kappa shape index (κ1) is 22.9. The van der Waals surface area contributed by atoms with Gasteiger partial charge in [-0.15, -0.1) is 0 Å². The lowest BCUT2D eigenvalue weighted by atomic mass is 9.94. The molecule has 9 heteroatoms. The van der Waals surface area contributed by atoms with E-state index in [4.69, 9.17) is 14.3 Å². The van der Waals surface area contributed by atoms with E-state index in [0.717, 1.165) is 5.56 Å². The zero-order valence-electron chi connectivity index (χ0n) is 17.6. The van der Waals surface area contributed by atoms with Crippen molar-refractivity contribution >= 4 is 17.8 Å². The molecule has 0 spiro atoms. The van der Waals surface area contributed by atoms with Gasteiger partial charge >= 0.3 is 11.9 Å². The van der Waals surface area contributed by atoms with Crippen LogP contribution in [0.5, 0.6) is 0 Å². The van der Waals surface area contributed by atoms with E-state index in [9.17, 15) is 14.4 Å². The van der Waals surface area contributed by atoms with Gasteiger partial charge in [0.1, 0.15) is 12.4 Å². The molecule has 30 heavy (non-hydrogen) atoms. The van der Waals surface area contributed by atoms with Gasteiger partial charge in [0.15, 0.2) is 0 Å². The lowest BCUT2D eigenvalue weighted by Crippen LogP contribution is -2.62. The summed E-state index contributed by atoms with van der Waals surface area (Å²) in [5, 5.41) is 2.42. The van der Waals surface area contributed by atoms with Crippen LogP contribution in [0.15, 0.2) is 36.5 Å². The van der Waals surface area contributed by atoms with Gasteiger partial charge in [0, 0.05) is 6.92 Å². The van der Waals surface area contributed by atoms with Crippen molar-refractivity contribution in [2.75, 3.05) is 13.2 Å². The molecule has 0 unspecified atom stereocenters. The average Bonchev–Trinajstić information content (AvgIpc) is 3.05. The number of esters is 2. The summed E-state index contributed by atoms with van der Waals surface area (Å²) in [5.74, 6) is -2.17. The van der Waals surface area contributed by atoms with Gasteiger partial charge in [-0.2, -0.15) is 4.73 Å². The quantitative estimate of drug-likeness (QED) is 0.459. The molecule has 0 saturated heterocycles. The maximum atomic E-state index is 12.8. The Balaban J connectivity index is 2.40. The number of rotatable bonds is 10. The van der Waals surface area contributed by atoms with Crippen molar-refractivity contribution in [1.29, 1.82) is 0 Å². The minimum absolute atomic E-state index is 0.0253. The fourth-order valence-electron chi connectivity index (χ4n) is 2.90. The molecule has 2 rings (SSSR count). The number of aromatic nitrogens is 2. The summed E-state index contributed by atoms with van der Waals surface area (Å²) in [6.07, 6.45) is 1.25. The average molecular weight is 417 g/mol. The van der Waals surface area contributed by atoms with Crippen molar-refractivity contribution in [3.63, 3.8) is 0 Å². The van der Waals surface area contributed by atoms with Crippen LogP contribution in [-0.4, -0.2) is 46.3 Å². The molecule has 1 heterocycles. The summed E-state index contributed by atoms with van der Waals surface area (Å²) in [4.78, 5) is 47.6. The first-order valence-electron chi connectivity index (χ1n) is 9.67. The van der Waals surface area contributed by atoms with Crippen LogP contribution in [0.2, 0.25) is 0 Å². The number of amides is 1. The molecule has 0 bridgehead atoms. The second-order valence-electron chi connectivity index (χ2n) is 6.57. The number of hydrogen-bond acceptors (Lipinski definition) is 7. The first-order valence-corrected chi connectivity index (χ1v) is 9.67. The zero-order chi connectivity index (χ0) is 22.1. The highest BCUT2D eigenvalue weighted by Crippen LogP contribution is 2.19. The first-order chi connectivity index (χ1) is 14.3. The third kappa shape index (κ3) is 5.37. The van der Waals surface area contributed by atoms with Crippen molar-refractivity contribution in [3.05, 3.63) is 53.6 Å². The molecule has 0 aliphatic heterocycles. The summed E-state index contributed by atoms with van der Waals surface area (Å²) in [7, 11) is 0. The molecule has 0 atom stereocenters. The molecule has 1 amide bonds. The highest BCUT2D eigenvalue weighted by atomic mass is 16.7. The van der Waals surface area contributed by atoms with Gasteiger partial charge in [-0.1, -0.05) is 30.3 Å². The molecule has 2 aromatic rings. The van der Waals surface area contributed by atoms with Gasteiger partial charge in [-0.25, -0.2) is 14.6 Å². The summed E-state index contributed by atoms with van der Waals surface area (Å²) >= 11 is 0. The van der Waals surface area contributed by atoms with Crippen molar-refractivity contribution in [1.82, 2.24) is 15.0 Å². The predicted octanol–water partition coefficient (Wildman–Crippen LogP) is 1.36. The van der Waals surface area contributed by atoms with Crippen molar-refractivity contribution < 1.29 is 28.7 Å². The fraction of sp³-hybridized carbons (Fsp3) is 0.429. The number of nitrogens with zero attached hydrogens (tertiary/aromatic N) is 2. The third-order valence-electron chi connectivity index (χ3n) is 4.22. The monoisotopic (exact) mass is 417 g/mol. The Morgan fingerprint density at radius 2 is 1.67 bits per heavy atom. The van der Waals surface area contributed by atoms with E-state index >= 15 is 0 Å². The molecular weight excluding hydrogens is 390 g/mol. The van der Waals surface area contributed by atoms with E-state index in [1.54, 1.807) is 27.0 Å². The fourth-order valence-corrected chi connectivity index (χ4v) is 2.90. The van der Waals surface area contributed by atoms with Crippen LogP contribution in [0.4, 0.5) is 0 Å². The lowest BCUT2D eigenvalue weighted by molar-refractivity contribution is -0.168. The van der Waals surface area contributed by atoms with E-state index < -0.39 is 23.4 Å². The molecule has 1 N–H and O–H groups in total. The van der Waals surface area contributed by atoms with E-state index in [0.29, 0.717) is 5.69 Å². The Morgan fingerprint density at radius 3 is 2.20 bits per heavy atom. The molecule has 0 fully saturated rings. The van der Waals surface area contributed by atoms with Crippen LogP contribution in [-0.2, 0) is 36.9 Å². The normalized spacial score (nSPS) is 10.9. The van der Waals surface area contributed by atoms with E-state index in [-0.39, 0.29) is 32.1 Å². The van der Waals surface area contributed by atoms with Crippen molar-refractivity contribution in [2.45, 2.75) is 46.3 Å². The number of carbonyl (C=O) groups excluding carboxylic acids is 3. The van der Waals surface area contributed by atoms with Gasteiger partial charge in [-0.3, -0.25) is 4.79 Å². The second-order valence-corrected chi connectivity index (χ2v) is 6.57. The van der Waals surface area contributed by atoms with Gasteiger partial charge in [0.2, 0.25) is 11.4 Å². The summed E-state index contributed by atoms with van der Waals surface area (Å²) < 4.78 is 11.6. The molecule has 0 saturated carbocycles. The molecule has 1 aromatic carbocycles.